The highest BCUT2D eigenvalue weighted by Crippen LogP contribution is 2.20. The van der Waals surface area contributed by atoms with Gasteiger partial charge >= 0.3 is 6.16 Å². The SMILES string of the molecule is O=C(O)Oc1cn(Cc2ccc(-c3ccc(F)cn3)cc2)c2ccccc2c1=O. The van der Waals surface area contributed by atoms with E-state index >= 15 is 0 Å². The van der Waals surface area contributed by atoms with Crippen LogP contribution in [0.2, 0.25) is 0 Å². The van der Waals surface area contributed by atoms with Gasteiger partial charge < -0.3 is 14.4 Å². The molecule has 0 bridgehead atoms. The Balaban J connectivity index is 1.70. The number of nitrogens with zero attached hydrogens (tertiary/aromatic N) is 2. The molecule has 6 nitrogen and oxygen atoms in total. The number of hydrogen-bond acceptors (Lipinski definition) is 4. The van der Waals surface area contributed by atoms with Crippen molar-refractivity contribution in [3.63, 3.8) is 0 Å². The molecule has 1 N–H and O–H groups in total. The van der Waals surface area contributed by atoms with Gasteiger partial charge in [-0.15, -0.1) is 0 Å². The number of para-hydroxylation sites is 1. The average Bonchev–Trinajstić information content (AvgIpc) is 2.72. The highest BCUT2D eigenvalue weighted by atomic mass is 19.1. The van der Waals surface area contributed by atoms with E-state index in [0.29, 0.717) is 23.1 Å². The van der Waals surface area contributed by atoms with Crippen LogP contribution in [0.3, 0.4) is 0 Å². The summed E-state index contributed by atoms with van der Waals surface area (Å²) in [6, 6.07) is 17.4. The largest absolute Gasteiger partial charge is 0.511 e. The fourth-order valence-corrected chi connectivity index (χ4v) is 3.14. The van der Waals surface area contributed by atoms with E-state index in [-0.39, 0.29) is 5.75 Å². The molecule has 0 fully saturated rings. The maximum Gasteiger partial charge on any atom is 0.511 e. The van der Waals surface area contributed by atoms with Crippen LogP contribution in [0.1, 0.15) is 5.56 Å². The fraction of sp³-hybridized carbons (Fsp3) is 0.0455. The van der Waals surface area contributed by atoms with Crippen LogP contribution in [0.4, 0.5) is 9.18 Å². The molecule has 144 valence electrons. The standard InChI is InChI=1S/C22H15FN2O4/c23-16-9-10-18(24-11-16)15-7-5-14(6-8-15)12-25-13-20(29-22(27)28)21(26)17-3-1-2-4-19(17)25/h1-11,13H,12H2,(H,27,28). The second-order valence-corrected chi connectivity index (χ2v) is 6.39. The molecule has 0 unspecified atom stereocenters. The van der Waals surface area contributed by atoms with Crippen molar-refractivity contribution in [2.45, 2.75) is 6.54 Å². The van der Waals surface area contributed by atoms with E-state index in [0.717, 1.165) is 11.1 Å². The molecular weight excluding hydrogens is 375 g/mol. The minimum Gasteiger partial charge on any atom is -0.449 e. The molecule has 0 aliphatic carbocycles. The Kier molecular flexibility index (Phi) is 4.78. The molecule has 0 saturated carbocycles. The molecule has 2 heterocycles. The third-order valence-corrected chi connectivity index (χ3v) is 4.48. The Morgan fingerprint density at radius 2 is 1.83 bits per heavy atom. The molecule has 0 aliphatic rings. The van der Waals surface area contributed by atoms with Crippen LogP contribution < -0.4 is 10.2 Å². The zero-order valence-electron chi connectivity index (χ0n) is 15.1. The van der Waals surface area contributed by atoms with Gasteiger partial charge in [0.05, 0.1) is 23.6 Å². The molecule has 4 rings (SSSR count). The lowest BCUT2D eigenvalue weighted by atomic mass is 10.1. The highest BCUT2D eigenvalue weighted by Gasteiger charge is 2.13. The van der Waals surface area contributed by atoms with Gasteiger partial charge in [-0.05, 0) is 29.8 Å². The second-order valence-electron chi connectivity index (χ2n) is 6.39. The summed E-state index contributed by atoms with van der Waals surface area (Å²) in [7, 11) is 0. The first-order valence-electron chi connectivity index (χ1n) is 8.75. The van der Waals surface area contributed by atoms with E-state index in [9.17, 15) is 14.0 Å². The minimum absolute atomic E-state index is 0.247. The fourth-order valence-electron chi connectivity index (χ4n) is 3.14. The molecule has 29 heavy (non-hydrogen) atoms. The molecule has 7 heteroatoms. The van der Waals surface area contributed by atoms with Gasteiger partial charge in [-0.1, -0.05) is 36.4 Å². The van der Waals surface area contributed by atoms with Crippen LogP contribution in [-0.4, -0.2) is 20.8 Å². The Bertz CT molecular complexity index is 1250. The monoisotopic (exact) mass is 390 g/mol. The van der Waals surface area contributed by atoms with Crippen LogP contribution in [0.5, 0.6) is 5.75 Å². The van der Waals surface area contributed by atoms with E-state index < -0.39 is 17.4 Å². The maximum atomic E-state index is 13.0. The normalized spacial score (nSPS) is 10.8. The lowest BCUT2D eigenvalue weighted by Crippen LogP contribution is -2.16. The summed E-state index contributed by atoms with van der Waals surface area (Å²) in [6.07, 6.45) is 1.02. The van der Waals surface area contributed by atoms with E-state index in [2.05, 4.69) is 9.72 Å². The number of aromatic nitrogens is 2. The first-order valence-corrected chi connectivity index (χ1v) is 8.75. The lowest BCUT2D eigenvalue weighted by molar-refractivity contribution is 0.144. The number of benzene rings is 2. The summed E-state index contributed by atoms with van der Waals surface area (Å²) >= 11 is 0. The predicted molar refractivity (Wildman–Crippen MR) is 106 cm³/mol. The van der Waals surface area contributed by atoms with Crippen molar-refractivity contribution in [2.75, 3.05) is 0 Å². The molecular formula is C22H15FN2O4. The van der Waals surface area contributed by atoms with Crippen molar-refractivity contribution >= 4 is 17.1 Å². The third-order valence-electron chi connectivity index (χ3n) is 4.48. The first-order chi connectivity index (χ1) is 14.0. The molecule has 0 radical (unpaired) electrons. The van der Waals surface area contributed by atoms with Gasteiger partial charge in [0.25, 0.3) is 0 Å². The van der Waals surface area contributed by atoms with Crippen LogP contribution in [0.25, 0.3) is 22.2 Å². The summed E-state index contributed by atoms with van der Waals surface area (Å²) in [4.78, 5) is 27.4. The number of carboxylic acid groups (broad SMARTS) is 1. The van der Waals surface area contributed by atoms with Gasteiger partial charge in [-0.25, -0.2) is 9.18 Å². The summed E-state index contributed by atoms with van der Waals surface area (Å²) in [6.45, 7) is 0.397. The Hall–Kier alpha value is -4.00. The van der Waals surface area contributed by atoms with Gasteiger partial charge in [0.15, 0.2) is 5.75 Å². The third kappa shape index (κ3) is 3.84. The predicted octanol–water partition coefficient (Wildman–Crippen LogP) is 4.31. The number of pyridine rings is 2. The van der Waals surface area contributed by atoms with Crippen molar-refractivity contribution in [1.82, 2.24) is 9.55 Å². The minimum atomic E-state index is -1.54. The molecule has 0 saturated heterocycles. The summed E-state index contributed by atoms with van der Waals surface area (Å²) in [5.41, 5.74) is 2.61. The molecule has 2 aromatic heterocycles. The topological polar surface area (TPSA) is 81.4 Å². The summed E-state index contributed by atoms with van der Waals surface area (Å²) in [5, 5.41) is 9.27. The van der Waals surface area contributed by atoms with Crippen LogP contribution >= 0.6 is 0 Å². The summed E-state index contributed by atoms with van der Waals surface area (Å²) in [5.74, 6) is -0.641. The van der Waals surface area contributed by atoms with Gasteiger partial charge in [0.1, 0.15) is 5.82 Å². The van der Waals surface area contributed by atoms with E-state index in [1.54, 1.807) is 34.9 Å². The van der Waals surface area contributed by atoms with Crippen molar-refractivity contribution in [1.29, 1.82) is 0 Å². The van der Waals surface area contributed by atoms with Gasteiger partial charge in [0, 0.05) is 17.5 Å². The number of carbonyl (C=O) groups is 1. The van der Waals surface area contributed by atoms with E-state index in [1.165, 1.54) is 18.5 Å². The Labute approximate surface area is 164 Å². The number of fused-ring (bicyclic) bond motifs is 1. The quantitative estimate of drug-likeness (QED) is 0.525. The second kappa shape index (κ2) is 7.55. The van der Waals surface area contributed by atoms with Crippen molar-refractivity contribution < 1.29 is 19.0 Å². The van der Waals surface area contributed by atoms with Crippen LogP contribution in [-0.2, 0) is 6.54 Å². The number of halogens is 1. The molecule has 4 aromatic rings. The molecule has 0 atom stereocenters. The van der Waals surface area contributed by atoms with Gasteiger partial charge in [-0.3, -0.25) is 9.78 Å². The first kappa shape index (κ1) is 18.4. The maximum absolute atomic E-state index is 13.0. The average molecular weight is 390 g/mol. The molecule has 0 amide bonds. The Morgan fingerprint density at radius 3 is 2.52 bits per heavy atom. The highest BCUT2D eigenvalue weighted by molar-refractivity contribution is 5.81. The van der Waals surface area contributed by atoms with Crippen molar-refractivity contribution in [3.8, 4) is 17.0 Å². The smallest absolute Gasteiger partial charge is 0.449 e. The number of hydrogen-bond donors (Lipinski definition) is 1. The van der Waals surface area contributed by atoms with E-state index in [1.807, 2.05) is 24.3 Å². The molecule has 0 aliphatic heterocycles. The number of ether oxygens (including phenoxy) is 1. The molecule has 0 spiro atoms. The van der Waals surface area contributed by atoms with Crippen molar-refractivity contribution in [3.05, 3.63) is 94.7 Å². The van der Waals surface area contributed by atoms with E-state index in [4.69, 9.17) is 5.11 Å². The van der Waals surface area contributed by atoms with Gasteiger partial charge in [0.2, 0.25) is 5.43 Å². The van der Waals surface area contributed by atoms with Crippen LogP contribution in [0, 0.1) is 5.82 Å². The zero-order valence-corrected chi connectivity index (χ0v) is 15.1. The zero-order chi connectivity index (χ0) is 20.4. The van der Waals surface area contributed by atoms with Gasteiger partial charge in [-0.2, -0.15) is 0 Å². The lowest BCUT2D eigenvalue weighted by Gasteiger charge is -2.13. The summed E-state index contributed by atoms with van der Waals surface area (Å²) < 4.78 is 19.5. The molecule has 2 aromatic carbocycles. The number of rotatable bonds is 4. The van der Waals surface area contributed by atoms with Crippen LogP contribution in [0.15, 0.2) is 77.9 Å². The Morgan fingerprint density at radius 1 is 1.07 bits per heavy atom. The van der Waals surface area contributed by atoms with Crippen molar-refractivity contribution in [2.24, 2.45) is 0 Å².